The van der Waals surface area contributed by atoms with Gasteiger partial charge < -0.3 is 5.32 Å². The average molecular weight is 357 g/mol. The van der Waals surface area contributed by atoms with E-state index in [-0.39, 0.29) is 5.91 Å². The Morgan fingerprint density at radius 2 is 1.91 bits per heavy atom. The first-order chi connectivity index (χ1) is 10.7. The van der Waals surface area contributed by atoms with Crippen molar-refractivity contribution in [2.45, 2.75) is 26.2 Å². The van der Waals surface area contributed by atoms with Gasteiger partial charge >= 0.3 is 0 Å². The van der Waals surface area contributed by atoms with Crippen molar-refractivity contribution in [3.63, 3.8) is 0 Å². The van der Waals surface area contributed by atoms with E-state index in [9.17, 15) is 4.79 Å². The minimum atomic E-state index is -0.150. The van der Waals surface area contributed by atoms with Crippen LogP contribution in [0.15, 0.2) is 51.9 Å². The molecule has 1 amide bonds. The highest BCUT2D eigenvalue weighted by atomic mass is 79.9. The Bertz CT molecular complexity index is 735. The molecule has 1 aliphatic rings. The summed E-state index contributed by atoms with van der Waals surface area (Å²) < 4.78 is 0.936. The van der Waals surface area contributed by atoms with Crippen molar-refractivity contribution in [1.29, 1.82) is 0 Å². The molecule has 2 aromatic rings. The van der Waals surface area contributed by atoms with Crippen LogP contribution in [0.3, 0.4) is 0 Å². The summed E-state index contributed by atoms with van der Waals surface area (Å²) in [6.45, 7) is 2.19. The van der Waals surface area contributed by atoms with Crippen LogP contribution in [0.2, 0.25) is 0 Å². The van der Waals surface area contributed by atoms with Crippen LogP contribution in [0.25, 0.3) is 0 Å². The molecule has 1 N–H and O–H groups in total. The zero-order chi connectivity index (χ0) is 15.5. The lowest BCUT2D eigenvalue weighted by atomic mass is 10.1. The fraction of sp³-hybridized carbons (Fsp3) is 0.222. The van der Waals surface area contributed by atoms with Gasteiger partial charge in [-0.15, -0.1) is 0 Å². The molecule has 0 fully saturated rings. The van der Waals surface area contributed by atoms with Gasteiger partial charge in [-0.05, 0) is 48.7 Å². The van der Waals surface area contributed by atoms with Crippen LogP contribution in [0, 0.1) is 0 Å². The third kappa shape index (κ3) is 3.12. The fourth-order valence-electron chi connectivity index (χ4n) is 2.48. The van der Waals surface area contributed by atoms with Crippen molar-refractivity contribution in [3.8, 4) is 0 Å². The number of carbonyl (C=O) groups is 1. The van der Waals surface area contributed by atoms with E-state index in [1.54, 1.807) is 0 Å². The number of aryl methyl sites for hydroxylation is 1. The number of hydrogen-bond donors (Lipinski definition) is 1. The Labute approximate surface area is 138 Å². The van der Waals surface area contributed by atoms with Crippen molar-refractivity contribution >= 4 is 38.9 Å². The molecular weight excluding hydrogens is 340 g/mol. The second-order valence-electron chi connectivity index (χ2n) is 5.37. The van der Waals surface area contributed by atoms with Gasteiger partial charge in [-0.2, -0.15) is 0 Å². The normalized spacial score (nSPS) is 15.0. The average Bonchev–Trinajstić information content (AvgIpc) is 2.82. The monoisotopic (exact) mass is 356 g/mol. The highest BCUT2D eigenvalue weighted by Crippen LogP contribution is 2.28. The van der Waals surface area contributed by atoms with E-state index >= 15 is 0 Å². The molecule has 0 bridgehead atoms. The lowest BCUT2D eigenvalue weighted by Crippen LogP contribution is -2.13. The van der Waals surface area contributed by atoms with Gasteiger partial charge in [0.15, 0.2) is 0 Å². The Hall–Kier alpha value is -1.94. The second kappa shape index (κ2) is 6.44. The van der Waals surface area contributed by atoms with Crippen LogP contribution in [-0.2, 0) is 11.2 Å². The number of unbranched alkanes of at least 4 members (excludes halogenated alkanes) is 1. The number of nitrogens with one attached hydrogen (secondary N) is 1. The highest BCUT2D eigenvalue weighted by molar-refractivity contribution is 9.10. The molecule has 3 nitrogen and oxygen atoms in total. The predicted octanol–water partition coefficient (Wildman–Crippen LogP) is 4.86. The van der Waals surface area contributed by atoms with E-state index in [0.717, 1.165) is 27.8 Å². The molecule has 0 spiro atoms. The highest BCUT2D eigenvalue weighted by Gasteiger charge is 2.25. The number of fused-ring (bicyclic) bond motifs is 1. The molecular formula is C18H17BrN2O. The van der Waals surface area contributed by atoms with Gasteiger partial charge in [-0.25, -0.2) is 4.99 Å². The summed E-state index contributed by atoms with van der Waals surface area (Å²) in [5, 5.41) is 2.84. The number of carbonyl (C=O) groups excluding carboxylic acids is 1. The van der Waals surface area contributed by atoms with Crippen molar-refractivity contribution in [1.82, 2.24) is 0 Å². The maximum Gasteiger partial charge on any atom is 0.275 e. The topological polar surface area (TPSA) is 41.5 Å². The zero-order valence-corrected chi connectivity index (χ0v) is 14.0. The van der Waals surface area contributed by atoms with Gasteiger partial charge in [0, 0.05) is 10.0 Å². The van der Waals surface area contributed by atoms with Crippen LogP contribution in [0.1, 0.15) is 30.9 Å². The summed E-state index contributed by atoms with van der Waals surface area (Å²) in [6, 6.07) is 13.8. The molecule has 22 heavy (non-hydrogen) atoms. The maximum atomic E-state index is 12.1. The van der Waals surface area contributed by atoms with Gasteiger partial charge in [-0.3, -0.25) is 4.79 Å². The number of hydrogen-bond acceptors (Lipinski definition) is 2. The third-order valence-corrected chi connectivity index (χ3v) is 4.19. The van der Waals surface area contributed by atoms with E-state index in [2.05, 4.69) is 45.3 Å². The van der Waals surface area contributed by atoms with Crippen molar-refractivity contribution in [3.05, 3.63) is 58.1 Å². The molecule has 0 saturated carbocycles. The molecule has 1 heterocycles. The van der Waals surface area contributed by atoms with E-state index in [1.807, 2.05) is 30.3 Å². The SMILES string of the molecule is CCCCc1ccc(N=C2C(=O)Nc3ccc(Br)cc32)cc1. The molecule has 112 valence electrons. The Kier molecular flexibility index (Phi) is 4.39. The lowest BCUT2D eigenvalue weighted by molar-refractivity contribution is -0.110. The minimum absolute atomic E-state index is 0.150. The zero-order valence-electron chi connectivity index (χ0n) is 12.4. The fourth-order valence-corrected chi connectivity index (χ4v) is 2.84. The molecule has 2 aromatic carbocycles. The molecule has 0 radical (unpaired) electrons. The van der Waals surface area contributed by atoms with E-state index in [0.29, 0.717) is 5.71 Å². The van der Waals surface area contributed by atoms with Crippen LogP contribution in [-0.4, -0.2) is 11.6 Å². The van der Waals surface area contributed by atoms with E-state index in [1.165, 1.54) is 18.4 Å². The lowest BCUT2D eigenvalue weighted by Gasteiger charge is -2.02. The molecule has 3 rings (SSSR count). The molecule has 0 aliphatic carbocycles. The predicted molar refractivity (Wildman–Crippen MR) is 94.0 cm³/mol. The quantitative estimate of drug-likeness (QED) is 0.834. The Morgan fingerprint density at radius 1 is 1.14 bits per heavy atom. The number of benzene rings is 2. The molecule has 0 unspecified atom stereocenters. The third-order valence-electron chi connectivity index (χ3n) is 3.70. The van der Waals surface area contributed by atoms with Gasteiger partial charge in [0.25, 0.3) is 5.91 Å². The molecule has 4 heteroatoms. The standard InChI is InChI=1S/C18H17BrN2O/c1-2-3-4-12-5-8-14(9-6-12)20-17-15-11-13(19)7-10-16(15)21-18(17)22/h5-11H,2-4H2,1H3,(H,20,21,22). The molecule has 1 aliphatic heterocycles. The number of halogens is 1. The first-order valence-corrected chi connectivity index (χ1v) is 8.25. The molecule has 0 aromatic heterocycles. The smallest absolute Gasteiger partial charge is 0.275 e. The largest absolute Gasteiger partial charge is 0.320 e. The summed E-state index contributed by atoms with van der Waals surface area (Å²) in [5.74, 6) is -0.150. The van der Waals surface area contributed by atoms with Crippen molar-refractivity contribution in [2.75, 3.05) is 5.32 Å². The van der Waals surface area contributed by atoms with Gasteiger partial charge in [0.2, 0.25) is 0 Å². The maximum absolute atomic E-state index is 12.1. The van der Waals surface area contributed by atoms with Gasteiger partial charge in [0.1, 0.15) is 5.71 Å². The van der Waals surface area contributed by atoms with Crippen LogP contribution < -0.4 is 5.32 Å². The Balaban J connectivity index is 1.89. The van der Waals surface area contributed by atoms with Crippen LogP contribution in [0.4, 0.5) is 11.4 Å². The van der Waals surface area contributed by atoms with Crippen LogP contribution in [0.5, 0.6) is 0 Å². The van der Waals surface area contributed by atoms with Gasteiger partial charge in [0.05, 0.1) is 11.4 Å². The number of anilines is 1. The van der Waals surface area contributed by atoms with Crippen LogP contribution >= 0.6 is 15.9 Å². The number of rotatable bonds is 4. The molecule has 0 saturated heterocycles. The summed E-state index contributed by atoms with van der Waals surface area (Å²) in [6.07, 6.45) is 3.47. The summed E-state index contributed by atoms with van der Waals surface area (Å²) >= 11 is 3.44. The van der Waals surface area contributed by atoms with Crippen molar-refractivity contribution in [2.24, 2.45) is 4.99 Å². The van der Waals surface area contributed by atoms with Crippen molar-refractivity contribution < 1.29 is 4.79 Å². The Morgan fingerprint density at radius 3 is 2.64 bits per heavy atom. The number of amides is 1. The first kappa shape index (κ1) is 15.0. The summed E-state index contributed by atoms with van der Waals surface area (Å²) in [7, 11) is 0. The second-order valence-corrected chi connectivity index (χ2v) is 6.29. The first-order valence-electron chi connectivity index (χ1n) is 7.46. The summed E-state index contributed by atoms with van der Waals surface area (Å²) in [5.41, 5.74) is 4.24. The number of nitrogens with zero attached hydrogens (tertiary/aromatic N) is 1. The minimum Gasteiger partial charge on any atom is -0.320 e. The van der Waals surface area contributed by atoms with E-state index in [4.69, 9.17) is 0 Å². The van der Waals surface area contributed by atoms with E-state index < -0.39 is 0 Å². The number of aliphatic imine (C=N–C) groups is 1. The summed E-state index contributed by atoms with van der Waals surface area (Å²) in [4.78, 5) is 16.6. The van der Waals surface area contributed by atoms with Gasteiger partial charge in [-0.1, -0.05) is 41.4 Å². The molecule has 0 atom stereocenters.